The van der Waals surface area contributed by atoms with Crippen LogP contribution in [-0.4, -0.2) is 10.9 Å². The van der Waals surface area contributed by atoms with Crippen molar-refractivity contribution in [3.63, 3.8) is 0 Å². The lowest BCUT2D eigenvalue weighted by Crippen LogP contribution is -2.12. The lowest BCUT2D eigenvalue weighted by atomic mass is 10.2. The molecule has 0 fully saturated rings. The Hall–Kier alpha value is -1.58. The summed E-state index contributed by atoms with van der Waals surface area (Å²) in [7, 11) is 0. The maximum Gasteiger partial charge on any atom is 0.258 e. The molecule has 0 atom stereocenters. The standard InChI is InChI=1S/C12H8Cl2N2O/c13-10-7-6-9(11(14)16-10)12(17)15-8-4-2-1-3-5-8/h1-7H,(H,15,17). The molecule has 17 heavy (non-hydrogen) atoms. The molecule has 0 aliphatic carbocycles. The minimum Gasteiger partial charge on any atom is -0.322 e. The van der Waals surface area contributed by atoms with E-state index in [9.17, 15) is 4.79 Å². The van der Waals surface area contributed by atoms with Gasteiger partial charge in [0.15, 0.2) is 0 Å². The molecule has 1 amide bonds. The van der Waals surface area contributed by atoms with Crippen LogP contribution >= 0.6 is 23.2 Å². The first-order valence-electron chi connectivity index (χ1n) is 4.85. The van der Waals surface area contributed by atoms with Crippen LogP contribution in [-0.2, 0) is 0 Å². The predicted molar refractivity (Wildman–Crippen MR) is 68.7 cm³/mol. The van der Waals surface area contributed by atoms with Crippen LogP contribution < -0.4 is 5.32 Å². The van der Waals surface area contributed by atoms with E-state index in [1.165, 1.54) is 12.1 Å². The summed E-state index contributed by atoms with van der Waals surface area (Å²) in [4.78, 5) is 15.7. The fourth-order valence-corrected chi connectivity index (χ4v) is 1.73. The molecule has 1 aromatic heterocycles. The first kappa shape index (κ1) is 11.9. The summed E-state index contributed by atoms with van der Waals surface area (Å²) in [5, 5.41) is 3.06. The summed E-state index contributed by atoms with van der Waals surface area (Å²) >= 11 is 11.5. The second-order valence-corrected chi connectivity index (χ2v) is 4.04. The van der Waals surface area contributed by atoms with Crippen molar-refractivity contribution in [1.29, 1.82) is 0 Å². The molecule has 5 heteroatoms. The van der Waals surface area contributed by atoms with Crippen LogP contribution in [0.1, 0.15) is 10.4 Å². The molecule has 0 aliphatic rings. The number of nitrogens with one attached hydrogen (secondary N) is 1. The number of pyridine rings is 1. The molecule has 0 radical (unpaired) electrons. The number of carbonyl (C=O) groups excluding carboxylic acids is 1. The van der Waals surface area contributed by atoms with Crippen LogP contribution in [0.25, 0.3) is 0 Å². The maximum atomic E-state index is 11.9. The zero-order chi connectivity index (χ0) is 12.3. The molecular weight excluding hydrogens is 259 g/mol. The predicted octanol–water partition coefficient (Wildman–Crippen LogP) is 3.64. The Morgan fingerprint density at radius 3 is 2.41 bits per heavy atom. The summed E-state index contributed by atoms with van der Waals surface area (Å²) in [6, 6.07) is 12.2. The van der Waals surface area contributed by atoms with Gasteiger partial charge in [-0.15, -0.1) is 0 Å². The van der Waals surface area contributed by atoms with Gasteiger partial charge in [-0.2, -0.15) is 0 Å². The van der Waals surface area contributed by atoms with Gasteiger partial charge in [-0.05, 0) is 24.3 Å². The van der Waals surface area contributed by atoms with E-state index in [-0.39, 0.29) is 16.2 Å². The Morgan fingerprint density at radius 2 is 1.76 bits per heavy atom. The fraction of sp³-hybridized carbons (Fsp3) is 0. The van der Waals surface area contributed by atoms with Gasteiger partial charge >= 0.3 is 0 Å². The van der Waals surface area contributed by atoms with Crippen molar-refractivity contribution in [2.45, 2.75) is 0 Å². The molecule has 1 aromatic carbocycles. The molecule has 1 N–H and O–H groups in total. The molecule has 0 bridgehead atoms. The summed E-state index contributed by atoms with van der Waals surface area (Å²) < 4.78 is 0. The largest absolute Gasteiger partial charge is 0.322 e. The van der Waals surface area contributed by atoms with Crippen molar-refractivity contribution in [2.24, 2.45) is 0 Å². The number of para-hydroxylation sites is 1. The molecule has 0 unspecified atom stereocenters. The van der Waals surface area contributed by atoms with E-state index in [2.05, 4.69) is 10.3 Å². The summed E-state index contributed by atoms with van der Waals surface area (Å²) in [5.41, 5.74) is 0.989. The van der Waals surface area contributed by atoms with Gasteiger partial charge in [0, 0.05) is 5.69 Å². The van der Waals surface area contributed by atoms with Gasteiger partial charge in [-0.3, -0.25) is 4.79 Å². The first-order valence-corrected chi connectivity index (χ1v) is 5.61. The van der Waals surface area contributed by atoms with Crippen molar-refractivity contribution in [2.75, 3.05) is 5.32 Å². The topological polar surface area (TPSA) is 42.0 Å². The molecule has 0 aliphatic heterocycles. The monoisotopic (exact) mass is 266 g/mol. The Labute approximate surface area is 108 Å². The highest BCUT2D eigenvalue weighted by Gasteiger charge is 2.11. The van der Waals surface area contributed by atoms with Crippen LogP contribution in [0.15, 0.2) is 42.5 Å². The normalized spacial score (nSPS) is 10.0. The summed E-state index contributed by atoms with van der Waals surface area (Å²) in [5.74, 6) is -0.314. The number of halogens is 2. The number of amides is 1. The third-order valence-corrected chi connectivity index (χ3v) is 2.59. The van der Waals surface area contributed by atoms with Gasteiger partial charge in [-0.1, -0.05) is 41.4 Å². The van der Waals surface area contributed by atoms with Gasteiger partial charge < -0.3 is 5.32 Å². The number of nitrogens with zero attached hydrogens (tertiary/aromatic N) is 1. The van der Waals surface area contributed by atoms with Crippen LogP contribution in [0.4, 0.5) is 5.69 Å². The van der Waals surface area contributed by atoms with E-state index in [4.69, 9.17) is 23.2 Å². The molecule has 0 saturated heterocycles. The maximum absolute atomic E-state index is 11.9. The second kappa shape index (κ2) is 5.17. The van der Waals surface area contributed by atoms with E-state index < -0.39 is 0 Å². The van der Waals surface area contributed by atoms with Crippen LogP contribution in [0.3, 0.4) is 0 Å². The average molecular weight is 267 g/mol. The van der Waals surface area contributed by atoms with Crippen LogP contribution in [0, 0.1) is 0 Å². The quantitative estimate of drug-likeness (QED) is 0.844. The molecule has 2 aromatic rings. The minimum absolute atomic E-state index is 0.0888. The Kier molecular flexibility index (Phi) is 3.61. The number of hydrogen-bond acceptors (Lipinski definition) is 2. The molecule has 3 nitrogen and oxygen atoms in total. The first-order chi connectivity index (χ1) is 8.16. The SMILES string of the molecule is O=C(Nc1ccccc1)c1ccc(Cl)nc1Cl. The number of carbonyl (C=O) groups is 1. The summed E-state index contributed by atoms with van der Waals surface area (Å²) in [6.45, 7) is 0. The molecule has 0 spiro atoms. The van der Waals surface area contributed by atoms with Crippen molar-refractivity contribution in [3.05, 3.63) is 58.3 Å². The minimum atomic E-state index is -0.314. The number of rotatable bonds is 2. The number of aromatic nitrogens is 1. The van der Waals surface area contributed by atoms with E-state index >= 15 is 0 Å². The van der Waals surface area contributed by atoms with Gasteiger partial charge in [0.2, 0.25) is 0 Å². The number of benzene rings is 1. The fourth-order valence-electron chi connectivity index (χ4n) is 1.30. The Morgan fingerprint density at radius 1 is 1.06 bits per heavy atom. The van der Waals surface area contributed by atoms with Gasteiger partial charge in [0.25, 0.3) is 5.91 Å². The zero-order valence-corrected chi connectivity index (χ0v) is 10.2. The zero-order valence-electron chi connectivity index (χ0n) is 8.65. The molecule has 0 saturated carbocycles. The summed E-state index contributed by atoms with van der Waals surface area (Å²) in [6.07, 6.45) is 0. The highest BCUT2D eigenvalue weighted by Crippen LogP contribution is 2.18. The Bertz CT molecular complexity index is 543. The highest BCUT2D eigenvalue weighted by atomic mass is 35.5. The average Bonchev–Trinajstić information content (AvgIpc) is 2.30. The third kappa shape index (κ3) is 2.96. The van der Waals surface area contributed by atoms with Gasteiger partial charge in [0.05, 0.1) is 5.56 Å². The highest BCUT2D eigenvalue weighted by molar-refractivity contribution is 6.35. The van der Waals surface area contributed by atoms with Gasteiger partial charge in [-0.25, -0.2) is 4.98 Å². The molecule has 2 rings (SSSR count). The molecular formula is C12H8Cl2N2O. The smallest absolute Gasteiger partial charge is 0.258 e. The molecule has 1 heterocycles. The van der Waals surface area contributed by atoms with Crippen LogP contribution in [0.2, 0.25) is 10.3 Å². The van der Waals surface area contributed by atoms with Gasteiger partial charge in [0.1, 0.15) is 10.3 Å². The number of hydrogen-bond donors (Lipinski definition) is 1. The lowest BCUT2D eigenvalue weighted by Gasteiger charge is -2.06. The Balaban J connectivity index is 2.21. The van der Waals surface area contributed by atoms with E-state index in [1.807, 2.05) is 18.2 Å². The van der Waals surface area contributed by atoms with E-state index in [1.54, 1.807) is 12.1 Å². The second-order valence-electron chi connectivity index (χ2n) is 3.29. The molecule has 86 valence electrons. The third-order valence-electron chi connectivity index (χ3n) is 2.09. The van der Waals surface area contributed by atoms with Crippen LogP contribution in [0.5, 0.6) is 0 Å². The van der Waals surface area contributed by atoms with Crippen molar-refractivity contribution in [3.8, 4) is 0 Å². The lowest BCUT2D eigenvalue weighted by molar-refractivity contribution is 0.102. The number of anilines is 1. The van der Waals surface area contributed by atoms with Crippen molar-refractivity contribution >= 4 is 34.8 Å². The van der Waals surface area contributed by atoms with Crippen molar-refractivity contribution < 1.29 is 4.79 Å². The van der Waals surface area contributed by atoms with Crippen molar-refractivity contribution in [1.82, 2.24) is 4.98 Å². The van der Waals surface area contributed by atoms with E-state index in [0.29, 0.717) is 11.3 Å². The van der Waals surface area contributed by atoms with E-state index in [0.717, 1.165) is 0 Å².